The molecule has 0 unspecified atom stereocenters. The first kappa shape index (κ1) is 7.07. The van der Waals surface area contributed by atoms with Crippen LogP contribution in [0.2, 0.25) is 0 Å². The number of nitrogens with zero attached hydrogens (tertiary/aromatic N) is 1. The maximum Gasteiger partial charge on any atom is -0.0521 e. The van der Waals surface area contributed by atoms with Gasteiger partial charge in [-0.15, -0.1) is 6.54 Å². The van der Waals surface area contributed by atoms with Gasteiger partial charge < -0.3 is 5.32 Å². The zero-order valence-corrected chi connectivity index (χ0v) is 6.27. The molecule has 1 aliphatic rings. The first-order valence-corrected chi connectivity index (χ1v) is 3.99. The van der Waals surface area contributed by atoms with Crippen LogP contribution in [-0.2, 0) is 0 Å². The molecule has 0 radical (unpaired) electrons. The summed E-state index contributed by atoms with van der Waals surface area (Å²) in [4.78, 5) is 0. The monoisotopic (exact) mass is 126 g/mol. The van der Waals surface area contributed by atoms with E-state index in [4.69, 9.17) is 0 Å². The van der Waals surface area contributed by atoms with Crippen LogP contribution in [0.5, 0.6) is 0 Å². The van der Waals surface area contributed by atoms with E-state index in [1.807, 2.05) is 7.05 Å². The number of rotatable bonds is 2. The summed E-state index contributed by atoms with van der Waals surface area (Å²) in [6.07, 6.45) is 7.20. The van der Waals surface area contributed by atoms with Crippen molar-refractivity contribution in [1.29, 1.82) is 0 Å². The van der Waals surface area contributed by atoms with E-state index < -0.39 is 0 Å². The summed E-state index contributed by atoms with van der Waals surface area (Å²) in [5, 5.41) is 4.16. The van der Waals surface area contributed by atoms with E-state index in [-0.39, 0.29) is 0 Å². The maximum atomic E-state index is 4.16. The Hall–Kier alpha value is -0.0400. The highest BCUT2D eigenvalue weighted by molar-refractivity contribution is 4.78. The maximum absolute atomic E-state index is 4.16. The van der Waals surface area contributed by atoms with Crippen molar-refractivity contribution in [3.05, 3.63) is 5.32 Å². The van der Waals surface area contributed by atoms with Gasteiger partial charge in [0.25, 0.3) is 0 Å². The van der Waals surface area contributed by atoms with Gasteiger partial charge in [0.05, 0.1) is 0 Å². The van der Waals surface area contributed by atoms with E-state index >= 15 is 0 Å². The Bertz CT molecular complexity index is 62.2. The van der Waals surface area contributed by atoms with Crippen LogP contribution in [-0.4, -0.2) is 13.6 Å². The zero-order chi connectivity index (χ0) is 6.53. The van der Waals surface area contributed by atoms with Crippen LogP contribution in [0.3, 0.4) is 0 Å². The Kier molecular flexibility index (Phi) is 3.05. The van der Waals surface area contributed by atoms with Crippen molar-refractivity contribution < 1.29 is 0 Å². The second-order valence-electron chi connectivity index (χ2n) is 3.00. The number of hydrogen-bond acceptors (Lipinski definition) is 0. The minimum Gasteiger partial charge on any atom is -0.665 e. The fourth-order valence-corrected chi connectivity index (χ4v) is 1.63. The first-order valence-electron chi connectivity index (χ1n) is 3.99. The predicted molar refractivity (Wildman–Crippen MR) is 40.7 cm³/mol. The van der Waals surface area contributed by atoms with Gasteiger partial charge in [-0.25, -0.2) is 0 Å². The molecule has 0 aromatic heterocycles. The SMILES string of the molecule is C[N-]CC1CCCCC1. The molecule has 1 fully saturated rings. The summed E-state index contributed by atoms with van der Waals surface area (Å²) >= 11 is 0. The summed E-state index contributed by atoms with van der Waals surface area (Å²) in [5.74, 6) is 0.934. The Labute approximate surface area is 57.8 Å². The molecule has 0 spiro atoms. The largest absolute Gasteiger partial charge is 0.665 e. The van der Waals surface area contributed by atoms with Gasteiger partial charge in [0, 0.05) is 0 Å². The van der Waals surface area contributed by atoms with E-state index in [2.05, 4.69) is 5.32 Å². The van der Waals surface area contributed by atoms with Crippen LogP contribution >= 0.6 is 0 Å². The Morgan fingerprint density at radius 2 is 1.89 bits per heavy atom. The second kappa shape index (κ2) is 3.89. The fraction of sp³-hybridized carbons (Fsp3) is 1.00. The first-order chi connectivity index (χ1) is 4.43. The molecule has 0 aromatic rings. The van der Waals surface area contributed by atoms with E-state index in [1.165, 1.54) is 32.1 Å². The molecule has 0 heterocycles. The van der Waals surface area contributed by atoms with Gasteiger partial charge in [0.2, 0.25) is 0 Å². The molecule has 0 atom stereocenters. The van der Waals surface area contributed by atoms with E-state index in [9.17, 15) is 0 Å². The van der Waals surface area contributed by atoms with Gasteiger partial charge >= 0.3 is 0 Å². The molecule has 0 N–H and O–H groups in total. The molecule has 1 aliphatic carbocycles. The van der Waals surface area contributed by atoms with Gasteiger partial charge in [0.1, 0.15) is 0 Å². The molecule has 0 bridgehead atoms. The third-order valence-corrected chi connectivity index (χ3v) is 2.17. The van der Waals surface area contributed by atoms with Gasteiger partial charge in [0.15, 0.2) is 0 Å². The summed E-state index contributed by atoms with van der Waals surface area (Å²) in [6, 6.07) is 0. The summed E-state index contributed by atoms with van der Waals surface area (Å²) in [7, 11) is 1.93. The molecule has 1 rings (SSSR count). The zero-order valence-electron chi connectivity index (χ0n) is 6.27. The van der Waals surface area contributed by atoms with E-state index in [0.717, 1.165) is 12.5 Å². The van der Waals surface area contributed by atoms with Crippen molar-refractivity contribution in [2.75, 3.05) is 13.6 Å². The molecular weight excluding hydrogens is 110 g/mol. The predicted octanol–water partition coefficient (Wildman–Crippen LogP) is 2.57. The van der Waals surface area contributed by atoms with Crippen molar-refractivity contribution in [3.8, 4) is 0 Å². The Balaban J connectivity index is 2.08. The molecule has 1 heteroatoms. The van der Waals surface area contributed by atoms with Crippen LogP contribution in [0.15, 0.2) is 0 Å². The normalized spacial score (nSPS) is 22.3. The van der Waals surface area contributed by atoms with Gasteiger partial charge in [-0.3, -0.25) is 0 Å². The summed E-state index contributed by atoms with van der Waals surface area (Å²) in [6.45, 7) is 1.11. The lowest BCUT2D eigenvalue weighted by Crippen LogP contribution is -2.09. The van der Waals surface area contributed by atoms with Crippen molar-refractivity contribution in [2.45, 2.75) is 32.1 Å². The third-order valence-electron chi connectivity index (χ3n) is 2.17. The molecule has 0 aromatic carbocycles. The molecule has 0 saturated heterocycles. The summed E-state index contributed by atoms with van der Waals surface area (Å²) < 4.78 is 0. The highest BCUT2D eigenvalue weighted by Gasteiger charge is 2.07. The van der Waals surface area contributed by atoms with Crippen molar-refractivity contribution in [3.63, 3.8) is 0 Å². The van der Waals surface area contributed by atoms with E-state index in [0.29, 0.717) is 0 Å². The summed E-state index contributed by atoms with van der Waals surface area (Å²) in [5.41, 5.74) is 0. The minimum absolute atomic E-state index is 0.934. The molecule has 1 saturated carbocycles. The van der Waals surface area contributed by atoms with Crippen molar-refractivity contribution >= 4 is 0 Å². The van der Waals surface area contributed by atoms with Crippen LogP contribution in [0.4, 0.5) is 0 Å². The molecule has 1 nitrogen and oxygen atoms in total. The quantitative estimate of drug-likeness (QED) is 0.540. The topological polar surface area (TPSA) is 14.1 Å². The molecule has 9 heavy (non-hydrogen) atoms. The highest BCUT2D eigenvalue weighted by Crippen LogP contribution is 2.23. The van der Waals surface area contributed by atoms with Gasteiger partial charge in [-0.1, -0.05) is 38.0 Å². The fourth-order valence-electron chi connectivity index (χ4n) is 1.63. The van der Waals surface area contributed by atoms with Crippen molar-refractivity contribution in [1.82, 2.24) is 0 Å². The molecular formula is C8H16N-. The third kappa shape index (κ3) is 2.35. The Morgan fingerprint density at radius 3 is 2.44 bits per heavy atom. The van der Waals surface area contributed by atoms with Crippen LogP contribution in [0.1, 0.15) is 32.1 Å². The number of hydrogen-bond donors (Lipinski definition) is 0. The molecule has 54 valence electrons. The standard InChI is InChI=1S/C8H16N/c1-9-7-8-5-3-2-4-6-8/h8H,2-7H2,1H3/q-1. The van der Waals surface area contributed by atoms with E-state index in [1.54, 1.807) is 0 Å². The van der Waals surface area contributed by atoms with Gasteiger partial charge in [-0.2, -0.15) is 7.05 Å². The lowest BCUT2D eigenvalue weighted by molar-refractivity contribution is 0.376. The Morgan fingerprint density at radius 1 is 1.22 bits per heavy atom. The molecule has 0 amide bonds. The molecule has 0 aliphatic heterocycles. The lowest BCUT2D eigenvalue weighted by Gasteiger charge is -2.26. The van der Waals surface area contributed by atoms with Crippen molar-refractivity contribution in [2.24, 2.45) is 5.92 Å². The van der Waals surface area contributed by atoms with Gasteiger partial charge in [-0.05, 0) is 0 Å². The van der Waals surface area contributed by atoms with Crippen LogP contribution < -0.4 is 0 Å². The second-order valence-corrected chi connectivity index (χ2v) is 3.00. The minimum atomic E-state index is 0.934. The smallest absolute Gasteiger partial charge is 0.0521 e. The highest BCUT2D eigenvalue weighted by atomic mass is 14.8. The average molecular weight is 126 g/mol. The average Bonchev–Trinajstić information content (AvgIpc) is 1.91. The van der Waals surface area contributed by atoms with Crippen LogP contribution in [0, 0.1) is 5.92 Å². The van der Waals surface area contributed by atoms with Crippen LogP contribution in [0.25, 0.3) is 5.32 Å². The lowest BCUT2D eigenvalue weighted by atomic mass is 9.89.